The number of fused-ring (bicyclic) bond motifs is 1. The highest BCUT2D eigenvalue weighted by Gasteiger charge is 2.34. The van der Waals surface area contributed by atoms with Crippen molar-refractivity contribution in [1.29, 1.82) is 0 Å². The molecule has 0 radical (unpaired) electrons. The summed E-state index contributed by atoms with van der Waals surface area (Å²) in [6.45, 7) is 9.14. The van der Waals surface area contributed by atoms with E-state index >= 15 is 0 Å². The molecule has 0 spiro atoms. The quantitative estimate of drug-likeness (QED) is 0.713. The van der Waals surface area contributed by atoms with E-state index in [2.05, 4.69) is 4.57 Å². The third kappa shape index (κ3) is 3.41. The Morgan fingerprint density at radius 1 is 0.929 bits per heavy atom. The summed E-state index contributed by atoms with van der Waals surface area (Å²) in [4.78, 5) is 0.209. The van der Waals surface area contributed by atoms with E-state index in [4.69, 9.17) is 0 Å². The molecule has 1 aromatic heterocycles. The van der Waals surface area contributed by atoms with E-state index in [0.717, 1.165) is 11.4 Å². The summed E-state index contributed by atoms with van der Waals surface area (Å²) in [5, 5.41) is 0. The zero-order valence-electron chi connectivity index (χ0n) is 16.7. The monoisotopic (exact) mass is 425 g/mol. The van der Waals surface area contributed by atoms with Crippen molar-refractivity contribution in [2.24, 2.45) is 0 Å². The average molecular weight is 426 g/mol. The van der Waals surface area contributed by atoms with Gasteiger partial charge in [-0.15, -0.1) is 0 Å². The molecule has 3 rings (SSSR count). The first kappa shape index (κ1) is 21.0. The van der Waals surface area contributed by atoms with Crippen molar-refractivity contribution in [3.63, 3.8) is 0 Å². The molecule has 0 saturated carbocycles. The number of aryl methyl sites for hydroxylation is 1. The average Bonchev–Trinajstić information content (AvgIpc) is 3.04. The number of rotatable bonds is 6. The lowest BCUT2D eigenvalue weighted by atomic mass is 10.2. The third-order valence-corrected chi connectivity index (χ3v) is 9.46. The number of benzene rings is 1. The first-order valence-electron chi connectivity index (χ1n) is 9.42. The van der Waals surface area contributed by atoms with Gasteiger partial charge in [0, 0.05) is 37.6 Å². The predicted molar refractivity (Wildman–Crippen MR) is 108 cm³/mol. The van der Waals surface area contributed by atoms with Crippen molar-refractivity contribution in [3.8, 4) is 0 Å². The minimum absolute atomic E-state index is 0.103. The number of sulfonamides is 2. The summed E-state index contributed by atoms with van der Waals surface area (Å²) in [5.41, 5.74) is 2.08. The van der Waals surface area contributed by atoms with Gasteiger partial charge in [-0.25, -0.2) is 16.8 Å². The Balaban J connectivity index is 1.91. The Labute approximate surface area is 167 Å². The fraction of sp³-hybridized carbons (Fsp3) is 0.474. The van der Waals surface area contributed by atoms with Gasteiger partial charge in [-0.2, -0.15) is 8.61 Å². The largest absolute Gasteiger partial charge is 0.346 e. The van der Waals surface area contributed by atoms with E-state index < -0.39 is 20.0 Å². The maximum atomic E-state index is 13.2. The fourth-order valence-electron chi connectivity index (χ4n) is 3.76. The van der Waals surface area contributed by atoms with Crippen molar-refractivity contribution in [3.05, 3.63) is 47.8 Å². The lowest BCUT2D eigenvalue weighted by Crippen LogP contribution is -2.41. The SMILES string of the molecule is CCN(CC)S(=O)(=O)c1ccc(S(=O)(=O)N2CCn3c(C)ccc3[C@@H]2C)cc1. The van der Waals surface area contributed by atoms with Crippen LogP contribution < -0.4 is 0 Å². The summed E-state index contributed by atoms with van der Waals surface area (Å²) in [6, 6.07) is 9.20. The first-order valence-corrected chi connectivity index (χ1v) is 12.3. The van der Waals surface area contributed by atoms with Crippen molar-refractivity contribution >= 4 is 20.0 Å². The van der Waals surface area contributed by atoms with E-state index in [-0.39, 0.29) is 15.8 Å². The van der Waals surface area contributed by atoms with Gasteiger partial charge in [0.1, 0.15) is 0 Å². The fourth-order valence-corrected chi connectivity index (χ4v) is 6.81. The number of nitrogens with zero attached hydrogens (tertiary/aromatic N) is 3. The van der Waals surface area contributed by atoms with Crippen LogP contribution in [0, 0.1) is 6.92 Å². The van der Waals surface area contributed by atoms with Gasteiger partial charge in [0.05, 0.1) is 15.8 Å². The van der Waals surface area contributed by atoms with Crippen LogP contribution in [0.2, 0.25) is 0 Å². The topological polar surface area (TPSA) is 79.7 Å². The summed E-state index contributed by atoms with van der Waals surface area (Å²) in [7, 11) is -7.34. The molecule has 0 saturated heterocycles. The molecule has 9 heteroatoms. The lowest BCUT2D eigenvalue weighted by molar-refractivity contribution is 0.280. The maximum absolute atomic E-state index is 13.2. The highest BCUT2D eigenvalue weighted by molar-refractivity contribution is 7.89. The van der Waals surface area contributed by atoms with E-state index in [0.29, 0.717) is 26.2 Å². The Kier molecular flexibility index (Phi) is 5.73. The number of aromatic nitrogens is 1. The van der Waals surface area contributed by atoms with Crippen LogP contribution in [-0.4, -0.2) is 49.6 Å². The van der Waals surface area contributed by atoms with Gasteiger partial charge in [0.2, 0.25) is 20.0 Å². The van der Waals surface area contributed by atoms with E-state index in [1.54, 1.807) is 13.8 Å². The molecule has 7 nitrogen and oxygen atoms in total. The van der Waals surface area contributed by atoms with Gasteiger partial charge in [-0.3, -0.25) is 0 Å². The molecular formula is C19H27N3O4S2. The minimum Gasteiger partial charge on any atom is -0.346 e. The predicted octanol–water partition coefficient (Wildman–Crippen LogP) is 2.59. The summed E-state index contributed by atoms with van der Waals surface area (Å²) in [6.07, 6.45) is 0. The molecule has 0 unspecified atom stereocenters. The van der Waals surface area contributed by atoms with Crippen LogP contribution in [0.3, 0.4) is 0 Å². The van der Waals surface area contributed by atoms with Crippen LogP contribution in [0.1, 0.15) is 38.2 Å². The summed E-state index contributed by atoms with van der Waals surface area (Å²) >= 11 is 0. The van der Waals surface area contributed by atoms with Crippen molar-refractivity contribution in [2.45, 2.75) is 50.1 Å². The van der Waals surface area contributed by atoms with Crippen LogP contribution in [0.25, 0.3) is 0 Å². The number of hydrogen-bond acceptors (Lipinski definition) is 4. The van der Waals surface area contributed by atoms with Gasteiger partial charge < -0.3 is 4.57 Å². The Hall–Kier alpha value is -1.68. The normalized spacial score (nSPS) is 18.4. The smallest absolute Gasteiger partial charge is 0.243 e. The van der Waals surface area contributed by atoms with Crippen molar-refractivity contribution in [1.82, 2.24) is 13.2 Å². The molecule has 0 amide bonds. The van der Waals surface area contributed by atoms with E-state index in [1.165, 1.54) is 32.9 Å². The van der Waals surface area contributed by atoms with Crippen LogP contribution in [0.15, 0.2) is 46.2 Å². The van der Waals surface area contributed by atoms with Gasteiger partial charge in [-0.1, -0.05) is 13.8 Å². The number of hydrogen-bond donors (Lipinski definition) is 0. The Morgan fingerprint density at radius 2 is 1.50 bits per heavy atom. The lowest BCUT2D eigenvalue weighted by Gasteiger charge is -2.34. The van der Waals surface area contributed by atoms with Crippen molar-refractivity contribution < 1.29 is 16.8 Å². The second-order valence-corrected chi connectivity index (χ2v) is 10.7. The van der Waals surface area contributed by atoms with Crippen LogP contribution in [0.4, 0.5) is 0 Å². The molecule has 0 bridgehead atoms. The molecule has 1 atom stereocenters. The standard InChI is InChI=1S/C19H27N3O4S2/c1-5-20(6-2)27(23,24)17-8-10-18(11-9-17)28(25,26)22-14-13-21-15(3)7-12-19(21)16(22)4/h7-12,16H,5-6,13-14H2,1-4H3/t16-/m0/s1. The molecular weight excluding hydrogens is 398 g/mol. The van der Waals surface area contributed by atoms with E-state index in [1.807, 2.05) is 26.0 Å². The molecule has 2 aromatic rings. The second kappa shape index (κ2) is 7.62. The summed E-state index contributed by atoms with van der Waals surface area (Å²) in [5.74, 6) is 0. The highest BCUT2D eigenvalue weighted by Crippen LogP contribution is 2.32. The van der Waals surface area contributed by atoms with Gasteiger partial charge in [-0.05, 0) is 50.2 Å². The van der Waals surface area contributed by atoms with Crippen molar-refractivity contribution in [2.75, 3.05) is 19.6 Å². The molecule has 0 fully saturated rings. The molecule has 1 aliphatic heterocycles. The molecule has 2 heterocycles. The van der Waals surface area contributed by atoms with Gasteiger partial charge in [0.25, 0.3) is 0 Å². The molecule has 0 N–H and O–H groups in total. The zero-order chi connectivity index (χ0) is 20.7. The highest BCUT2D eigenvalue weighted by atomic mass is 32.2. The third-order valence-electron chi connectivity index (χ3n) is 5.41. The first-order chi connectivity index (χ1) is 13.1. The second-order valence-electron chi connectivity index (χ2n) is 6.90. The zero-order valence-corrected chi connectivity index (χ0v) is 18.3. The van der Waals surface area contributed by atoms with Gasteiger partial charge >= 0.3 is 0 Å². The minimum atomic E-state index is -3.73. The van der Waals surface area contributed by atoms with Crippen LogP contribution in [-0.2, 0) is 26.6 Å². The van der Waals surface area contributed by atoms with Crippen LogP contribution in [0.5, 0.6) is 0 Å². The Bertz CT molecular complexity index is 1050. The molecule has 1 aromatic carbocycles. The summed E-state index contributed by atoms with van der Waals surface area (Å²) < 4.78 is 56.5. The van der Waals surface area contributed by atoms with Gasteiger partial charge in [0.15, 0.2) is 0 Å². The molecule has 1 aliphatic rings. The van der Waals surface area contributed by atoms with Crippen LogP contribution >= 0.6 is 0 Å². The molecule has 0 aliphatic carbocycles. The maximum Gasteiger partial charge on any atom is 0.243 e. The molecule has 28 heavy (non-hydrogen) atoms. The van der Waals surface area contributed by atoms with E-state index in [9.17, 15) is 16.8 Å². The molecule has 154 valence electrons. The Morgan fingerprint density at radius 3 is 2.07 bits per heavy atom.